The topological polar surface area (TPSA) is 36.0 Å². The van der Waals surface area contributed by atoms with Gasteiger partial charge in [-0.2, -0.15) is 0 Å². The number of hydrogen-bond donors (Lipinski definition) is 2. The fraction of sp³-hybridized carbons (Fsp3) is 0.111. The molecule has 0 saturated carbocycles. The van der Waals surface area contributed by atoms with E-state index in [2.05, 4.69) is 20.9 Å². The maximum absolute atomic E-state index is 9.01. The highest BCUT2D eigenvalue weighted by molar-refractivity contribution is 9.10. The lowest BCUT2D eigenvalue weighted by atomic mass is 10.1. The van der Waals surface area contributed by atoms with Gasteiger partial charge in [-0.25, -0.2) is 0 Å². The van der Waals surface area contributed by atoms with Gasteiger partial charge in [0, 0.05) is 21.6 Å². The second kappa shape index (κ2) is 2.92. The molecule has 0 saturated heterocycles. The van der Waals surface area contributed by atoms with Crippen LogP contribution in [0.15, 0.2) is 28.9 Å². The molecule has 2 N–H and O–H groups in total. The molecule has 0 unspecified atom stereocenters. The number of fused-ring (bicyclic) bond motifs is 1. The van der Waals surface area contributed by atoms with E-state index in [1.54, 1.807) is 0 Å². The van der Waals surface area contributed by atoms with Gasteiger partial charge in [-0.3, -0.25) is 0 Å². The Labute approximate surface area is 78.3 Å². The van der Waals surface area contributed by atoms with Gasteiger partial charge in [0.15, 0.2) is 0 Å². The zero-order valence-corrected chi connectivity index (χ0v) is 7.93. The van der Waals surface area contributed by atoms with E-state index in [1.165, 1.54) is 0 Å². The minimum absolute atomic E-state index is 0.0737. The Morgan fingerprint density at radius 1 is 1.33 bits per heavy atom. The molecule has 0 radical (unpaired) electrons. The van der Waals surface area contributed by atoms with E-state index in [-0.39, 0.29) is 6.61 Å². The lowest BCUT2D eigenvalue weighted by molar-refractivity contribution is 0.283. The van der Waals surface area contributed by atoms with Crippen LogP contribution in [-0.4, -0.2) is 10.1 Å². The average Bonchev–Trinajstić information content (AvgIpc) is 2.54. The molecule has 0 atom stereocenters. The molecule has 62 valence electrons. The molecule has 0 fully saturated rings. The first-order valence-corrected chi connectivity index (χ1v) is 4.47. The van der Waals surface area contributed by atoms with Crippen LogP contribution in [0.2, 0.25) is 0 Å². The molecule has 1 aromatic heterocycles. The highest BCUT2D eigenvalue weighted by Crippen LogP contribution is 2.25. The first-order valence-electron chi connectivity index (χ1n) is 3.68. The third-order valence-corrected chi connectivity index (χ3v) is 2.62. The van der Waals surface area contributed by atoms with E-state index in [0.717, 1.165) is 20.9 Å². The third-order valence-electron chi connectivity index (χ3n) is 1.93. The zero-order chi connectivity index (χ0) is 8.55. The van der Waals surface area contributed by atoms with Gasteiger partial charge in [0.2, 0.25) is 0 Å². The molecule has 0 amide bonds. The molecule has 2 rings (SSSR count). The zero-order valence-electron chi connectivity index (χ0n) is 6.34. The Kier molecular flexibility index (Phi) is 1.90. The SMILES string of the molecule is OCc1ccc(Br)c2cc[nH]c12. The summed E-state index contributed by atoms with van der Waals surface area (Å²) >= 11 is 3.44. The standard InChI is InChI=1S/C9H8BrNO/c10-8-2-1-6(5-12)9-7(8)3-4-11-9/h1-4,11-12H,5H2. The van der Waals surface area contributed by atoms with Crippen molar-refractivity contribution in [3.63, 3.8) is 0 Å². The normalized spacial score (nSPS) is 10.8. The van der Waals surface area contributed by atoms with E-state index in [1.807, 2.05) is 24.4 Å². The van der Waals surface area contributed by atoms with Crippen molar-refractivity contribution in [3.8, 4) is 0 Å². The number of aliphatic hydroxyl groups excluding tert-OH is 1. The Balaban J connectivity index is 2.82. The minimum atomic E-state index is 0.0737. The smallest absolute Gasteiger partial charge is 0.0702 e. The number of halogens is 1. The molecule has 1 heterocycles. The van der Waals surface area contributed by atoms with Crippen LogP contribution in [0.4, 0.5) is 0 Å². The molecule has 1 aromatic carbocycles. The maximum atomic E-state index is 9.01. The van der Waals surface area contributed by atoms with Crippen LogP contribution in [0.25, 0.3) is 10.9 Å². The van der Waals surface area contributed by atoms with Crippen LogP contribution in [0, 0.1) is 0 Å². The molecular formula is C9H8BrNO. The third kappa shape index (κ3) is 1.06. The summed E-state index contributed by atoms with van der Waals surface area (Å²) < 4.78 is 1.05. The Hall–Kier alpha value is -0.800. The van der Waals surface area contributed by atoms with Gasteiger partial charge in [-0.1, -0.05) is 22.0 Å². The van der Waals surface area contributed by atoms with Crippen molar-refractivity contribution in [2.45, 2.75) is 6.61 Å². The second-order valence-electron chi connectivity index (χ2n) is 2.63. The second-order valence-corrected chi connectivity index (χ2v) is 3.49. The molecule has 3 heteroatoms. The van der Waals surface area contributed by atoms with Gasteiger partial charge in [-0.15, -0.1) is 0 Å². The number of benzene rings is 1. The van der Waals surface area contributed by atoms with Crippen LogP contribution < -0.4 is 0 Å². The van der Waals surface area contributed by atoms with Crippen molar-refractivity contribution in [3.05, 3.63) is 34.4 Å². The lowest BCUT2D eigenvalue weighted by Gasteiger charge is -1.99. The van der Waals surface area contributed by atoms with Crippen molar-refractivity contribution < 1.29 is 5.11 Å². The average molecular weight is 226 g/mol. The highest BCUT2D eigenvalue weighted by atomic mass is 79.9. The molecule has 0 aliphatic heterocycles. The van der Waals surface area contributed by atoms with Gasteiger partial charge in [0.05, 0.1) is 12.1 Å². The fourth-order valence-electron chi connectivity index (χ4n) is 1.31. The van der Waals surface area contributed by atoms with Crippen molar-refractivity contribution in [1.82, 2.24) is 4.98 Å². The molecule has 0 spiro atoms. The summed E-state index contributed by atoms with van der Waals surface area (Å²) in [6.07, 6.45) is 1.87. The predicted octanol–water partition coefficient (Wildman–Crippen LogP) is 2.42. The van der Waals surface area contributed by atoms with E-state index < -0.39 is 0 Å². The van der Waals surface area contributed by atoms with Crippen molar-refractivity contribution >= 4 is 26.8 Å². The Morgan fingerprint density at radius 2 is 2.17 bits per heavy atom. The molecule has 12 heavy (non-hydrogen) atoms. The van der Waals surface area contributed by atoms with Crippen LogP contribution in [0.3, 0.4) is 0 Å². The number of aliphatic hydroxyl groups is 1. The molecule has 2 aromatic rings. The minimum Gasteiger partial charge on any atom is -0.392 e. The van der Waals surface area contributed by atoms with Crippen LogP contribution in [0.5, 0.6) is 0 Å². The van der Waals surface area contributed by atoms with Gasteiger partial charge >= 0.3 is 0 Å². The number of aromatic nitrogens is 1. The van der Waals surface area contributed by atoms with Crippen molar-refractivity contribution in [2.24, 2.45) is 0 Å². The number of nitrogens with one attached hydrogen (secondary N) is 1. The largest absolute Gasteiger partial charge is 0.392 e. The molecule has 0 bridgehead atoms. The maximum Gasteiger partial charge on any atom is 0.0702 e. The van der Waals surface area contributed by atoms with Crippen molar-refractivity contribution in [1.29, 1.82) is 0 Å². The molecule has 0 aliphatic carbocycles. The number of rotatable bonds is 1. The summed E-state index contributed by atoms with van der Waals surface area (Å²) in [4.78, 5) is 3.09. The summed E-state index contributed by atoms with van der Waals surface area (Å²) in [5, 5.41) is 10.1. The number of aromatic amines is 1. The van der Waals surface area contributed by atoms with Crippen molar-refractivity contribution in [2.75, 3.05) is 0 Å². The first-order chi connectivity index (χ1) is 5.83. The molecular weight excluding hydrogens is 218 g/mol. The van der Waals surface area contributed by atoms with Gasteiger partial charge in [0.1, 0.15) is 0 Å². The van der Waals surface area contributed by atoms with E-state index in [0.29, 0.717) is 0 Å². The molecule has 0 aliphatic rings. The summed E-state index contributed by atoms with van der Waals surface area (Å²) in [7, 11) is 0. The van der Waals surface area contributed by atoms with Crippen LogP contribution in [-0.2, 0) is 6.61 Å². The fourth-order valence-corrected chi connectivity index (χ4v) is 1.78. The van der Waals surface area contributed by atoms with Crippen LogP contribution in [0.1, 0.15) is 5.56 Å². The number of hydrogen-bond acceptors (Lipinski definition) is 1. The number of H-pyrrole nitrogens is 1. The Bertz CT molecular complexity index is 408. The van der Waals surface area contributed by atoms with E-state index >= 15 is 0 Å². The van der Waals surface area contributed by atoms with Gasteiger partial charge in [-0.05, 0) is 12.1 Å². The van der Waals surface area contributed by atoms with Crippen LogP contribution >= 0.6 is 15.9 Å². The quantitative estimate of drug-likeness (QED) is 0.769. The van der Waals surface area contributed by atoms with E-state index in [9.17, 15) is 0 Å². The lowest BCUT2D eigenvalue weighted by Crippen LogP contribution is -1.84. The van der Waals surface area contributed by atoms with Gasteiger partial charge in [0.25, 0.3) is 0 Å². The summed E-state index contributed by atoms with van der Waals surface area (Å²) in [6.45, 7) is 0.0737. The van der Waals surface area contributed by atoms with E-state index in [4.69, 9.17) is 5.11 Å². The summed E-state index contributed by atoms with van der Waals surface area (Å²) in [5.74, 6) is 0. The summed E-state index contributed by atoms with van der Waals surface area (Å²) in [6, 6.07) is 5.84. The predicted molar refractivity (Wildman–Crippen MR) is 51.9 cm³/mol. The Morgan fingerprint density at radius 3 is 2.92 bits per heavy atom. The first kappa shape index (κ1) is 7.83. The van der Waals surface area contributed by atoms with Gasteiger partial charge < -0.3 is 10.1 Å². The summed E-state index contributed by atoms with van der Waals surface area (Å²) in [5.41, 5.74) is 1.94. The molecule has 2 nitrogen and oxygen atoms in total. The highest BCUT2D eigenvalue weighted by Gasteiger charge is 2.03. The monoisotopic (exact) mass is 225 g/mol.